The van der Waals surface area contributed by atoms with Crippen molar-refractivity contribution in [2.75, 3.05) is 13.7 Å². The number of aryl methyl sites for hydroxylation is 1. The van der Waals surface area contributed by atoms with Crippen LogP contribution >= 0.6 is 34.5 Å². The molecule has 40 heavy (non-hydrogen) atoms. The van der Waals surface area contributed by atoms with Gasteiger partial charge < -0.3 is 14.0 Å². The van der Waals surface area contributed by atoms with E-state index in [9.17, 15) is 9.59 Å². The molecule has 1 aliphatic heterocycles. The Morgan fingerprint density at radius 3 is 2.52 bits per heavy atom. The number of nitrogens with zero attached hydrogens (tertiary/aromatic N) is 3. The third-order valence-electron chi connectivity index (χ3n) is 6.87. The molecule has 1 aliphatic rings. The second-order valence-electron chi connectivity index (χ2n) is 9.30. The Labute approximate surface area is 245 Å². The van der Waals surface area contributed by atoms with Gasteiger partial charge in [0, 0.05) is 22.1 Å². The van der Waals surface area contributed by atoms with Gasteiger partial charge >= 0.3 is 5.97 Å². The number of ether oxygens (including phenoxy) is 2. The SMILES string of the molecule is CCOC(=O)C1=C(C)N=c2s/c(=C\c3cc(C)n(-c4ccc(OC)c(Cl)c4)c3C)c(=O)n2[C@@H]1c1ccccc1Cl. The Morgan fingerprint density at radius 1 is 1.10 bits per heavy atom. The van der Waals surface area contributed by atoms with E-state index in [1.54, 1.807) is 31.6 Å². The van der Waals surface area contributed by atoms with Crippen molar-refractivity contribution in [3.8, 4) is 11.4 Å². The number of fused-ring (bicyclic) bond motifs is 1. The van der Waals surface area contributed by atoms with Crippen molar-refractivity contribution < 1.29 is 14.3 Å². The highest BCUT2D eigenvalue weighted by atomic mass is 35.5. The minimum Gasteiger partial charge on any atom is -0.495 e. The van der Waals surface area contributed by atoms with Gasteiger partial charge in [0.05, 0.1) is 34.5 Å². The molecule has 0 saturated carbocycles. The molecule has 0 spiro atoms. The highest BCUT2D eigenvalue weighted by molar-refractivity contribution is 7.07. The van der Waals surface area contributed by atoms with Gasteiger partial charge in [0.25, 0.3) is 5.56 Å². The highest BCUT2D eigenvalue weighted by Gasteiger charge is 2.34. The van der Waals surface area contributed by atoms with E-state index in [2.05, 4.69) is 9.56 Å². The largest absolute Gasteiger partial charge is 0.495 e. The molecular formula is C30H27Cl2N3O4S. The lowest BCUT2D eigenvalue weighted by molar-refractivity contribution is -0.139. The minimum absolute atomic E-state index is 0.199. The topological polar surface area (TPSA) is 74.8 Å². The van der Waals surface area contributed by atoms with Gasteiger partial charge in [-0.1, -0.05) is 52.7 Å². The molecule has 10 heteroatoms. The Hall–Kier alpha value is -3.59. The van der Waals surface area contributed by atoms with Crippen LogP contribution in [-0.4, -0.2) is 28.8 Å². The first-order chi connectivity index (χ1) is 19.2. The highest BCUT2D eigenvalue weighted by Crippen LogP contribution is 2.34. The summed E-state index contributed by atoms with van der Waals surface area (Å²) in [4.78, 5) is 32.2. The van der Waals surface area contributed by atoms with Crippen LogP contribution in [0.2, 0.25) is 10.0 Å². The third kappa shape index (κ3) is 4.80. The average molecular weight is 597 g/mol. The maximum atomic E-state index is 14.0. The summed E-state index contributed by atoms with van der Waals surface area (Å²) in [5, 5.41) is 0.954. The van der Waals surface area contributed by atoms with E-state index in [0.29, 0.717) is 42.0 Å². The van der Waals surface area contributed by atoms with Gasteiger partial charge in [-0.25, -0.2) is 9.79 Å². The summed E-state index contributed by atoms with van der Waals surface area (Å²) < 4.78 is 14.8. The van der Waals surface area contributed by atoms with E-state index in [4.69, 9.17) is 32.7 Å². The standard InChI is InChI=1S/C30H27Cl2N3O4S/c1-6-39-29(37)26-17(3)33-30-35(27(26)21-9-7-8-10-22(21)31)28(36)25(40-30)14-19-13-16(2)34(18(19)4)20-11-12-24(38-5)23(32)15-20/h7-15,27H,6H2,1-5H3/b25-14-/t27-/m1/s1. The minimum atomic E-state index is -0.764. The van der Waals surface area contributed by atoms with E-state index in [1.165, 1.54) is 11.3 Å². The van der Waals surface area contributed by atoms with Gasteiger partial charge in [0.2, 0.25) is 0 Å². The first-order valence-electron chi connectivity index (χ1n) is 12.6. The van der Waals surface area contributed by atoms with Crippen LogP contribution in [0.3, 0.4) is 0 Å². The van der Waals surface area contributed by atoms with E-state index >= 15 is 0 Å². The molecule has 0 bridgehead atoms. The van der Waals surface area contributed by atoms with Crippen molar-refractivity contribution in [2.45, 2.75) is 33.7 Å². The van der Waals surface area contributed by atoms with Crippen LogP contribution in [0.5, 0.6) is 5.75 Å². The average Bonchev–Trinajstić information content (AvgIpc) is 3.37. The second kappa shape index (κ2) is 11.1. The van der Waals surface area contributed by atoms with Crippen molar-refractivity contribution in [1.29, 1.82) is 0 Å². The molecule has 1 atom stereocenters. The van der Waals surface area contributed by atoms with Crippen molar-refractivity contribution in [3.63, 3.8) is 0 Å². The zero-order chi connectivity index (χ0) is 28.7. The number of methoxy groups -OCH3 is 1. The molecule has 2 aromatic heterocycles. The summed E-state index contributed by atoms with van der Waals surface area (Å²) in [6.45, 7) is 7.68. The molecule has 4 aromatic rings. The number of hydrogen-bond donors (Lipinski definition) is 0. The number of halogens is 2. The van der Waals surface area contributed by atoms with Gasteiger partial charge in [-0.05, 0) is 75.2 Å². The van der Waals surface area contributed by atoms with Crippen LogP contribution in [0.4, 0.5) is 0 Å². The molecule has 3 heterocycles. The van der Waals surface area contributed by atoms with Crippen LogP contribution in [0, 0.1) is 13.8 Å². The number of allylic oxidation sites excluding steroid dienone is 1. The summed E-state index contributed by atoms with van der Waals surface area (Å²) in [6, 6.07) is 14.1. The van der Waals surface area contributed by atoms with Gasteiger partial charge in [0.15, 0.2) is 4.80 Å². The molecule has 2 aromatic carbocycles. The number of hydrogen-bond acceptors (Lipinski definition) is 6. The van der Waals surface area contributed by atoms with Crippen molar-refractivity contribution in [1.82, 2.24) is 9.13 Å². The molecule has 7 nitrogen and oxygen atoms in total. The van der Waals surface area contributed by atoms with Gasteiger partial charge in [-0.3, -0.25) is 9.36 Å². The number of esters is 1. The number of carbonyl (C=O) groups is 1. The van der Waals surface area contributed by atoms with Crippen molar-refractivity contribution >= 4 is 46.6 Å². The predicted molar refractivity (Wildman–Crippen MR) is 159 cm³/mol. The molecule has 0 radical (unpaired) electrons. The van der Waals surface area contributed by atoms with Gasteiger partial charge in [0.1, 0.15) is 11.8 Å². The summed E-state index contributed by atoms with van der Waals surface area (Å²) in [5.41, 5.74) is 4.83. The molecule has 0 unspecified atom stereocenters. The molecule has 206 valence electrons. The molecular weight excluding hydrogens is 569 g/mol. The Balaban J connectivity index is 1.68. The number of rotatable bonds is 6. The summed E-state index contributed by atoms with van der Waals surface area (Å²) in [7, 11) is 1.58. The number of thiazole rings is 1. The van der Waals surface area contributed by atoms with Crippen LogP contribution < -0.4 is 19.6 Å². The molecule has 0 aliphatic carbocycles. The fraction of sp³-hybridized carbons (Fsp3) is 0.233. The number of benzene rings is 2. The van der Waals surface area contributed by atoms with Crippen molar-refractivity contribution in [3.05, 3.63) is 112 Å². The van der Waals surface area contributed by atoms with Crippen LogP contribution in [-0.2, 0) is 9.53 Å². The Morgan fingerprint density at radius 2 is 1.85 bits per heavy atom. The molecule has 5 rings (SSSR count). The lowest BCUT2D eigenvalue weighted by atomic mass is 9.96. The monoisotopic (exact) mass is 595 g/mol. The zero-order valence-corrected chi connectivity index (χ0v) is 24.9. The summed E-state index contributed by atoms with van der Waals surface area (Å²) >= 11 is 14.3. The first-order valence-corrected chi connectivity index (χ1v) is 14.2. The molecule has 0 saturated heterocycles. The third-order valence-corrected chi connectivity index (χ3v) is 8.49. The lowest BCUT2D eigenvalue weighted by Gasteiger charge is -2.25. The zero-order valence-electron chi connectivity index (χ0n) is 22.6. The predicted octanol–water partition coefficient (Wildman–Crippen LogP) is 5.52. The molecule has 0 amide bonds. The van der Waals surface area contributed by atoms with Crippen LogP contribution in [0.15, 0.2) is 69.6 Å². The second-order valence-corrected chi connectivity index (χ2v) is 11.1. The quantitative estimate of drug-likeness (QED) is 0.275. The number of aromatic nitrogens is 2. The van der Waals surface area contributed by atoms with E-state index in [1.807, 2.05) is 62.4 Å². The van der Waals surface area contributed by atoms with Gasteiger partial charge in [-0.15, -0.1) is 0 Å². The molecule has 0 N–H and O–H groups in total. The van der Waals surface area contributed by atoms with E-state index < -0.39 is 12.0 Å². The van der Waals surface area contributed by atoms with E-state index in [0.717, 1.165) is 22.6 Å². The Kier molecular flexibility index (Phi) is 7.77. The van der Waals surface area contributed by atoms with Crippen LogP contribution in [0.1, 0.15) is 42.4 Å². The maximum absolute atomic E-state index is 14.0. The Bertz CT molecular complexity index is 1870. The maximum Gasteiger partial charge on any atom is 0.338 e. The fourth-order valence-corrected chi connectivity index (χ4v) is 6.58. The summed E-state index contributed by atoms with van der Waals surface area (Å²) in [6.07, 6.45) is 1.86. The van der Waals surface area contributed by atoms with Gasteiger partial charge in [-0.2, -0.15) is 0 Å². The summed E-state index contributed by atoms with van der Waals surface area (Å²) in [5.74, 6) is 0.0735. The molecule has 0 fully saturated rings. The van der Waals surface area contributed by atoms with E-state index in [-0.39, 0.29) is 12.2 Å². The first kappa shape index (κ1) is 28.0. The normalized spacial score (nSPS) is 15.2. The smallest absolute Gasteiger partial charge is 0.338 e. The van der Waals surface area contributed by atoms with Crippen LogP contribution in [0.25, 0.3) is 11.8 Å². The van der Waals surface area contributed by atoms with Crippen molar-refractivity contribution in [2.24, 2.45) is 4.99 Å². The fourth-order valence-electron chi connectivity index (χ4n) is 5.05. The number of carbonyl (C=O) groups excluding carboxylic acids is 1. The lowest BCUT2D eigenvalue weighted by Crippen LogP contribution is -2.40.